The topological polar surface area (TPSA) is 57.5 Å². The Kier molecular flexibility index (Phi) is 6.06. The lowest BCUT2D eigenvalue weighted by atomic mass is 9.70. The summed E-state index contributed by atoms with van der Waals surface area (Å²) in [5.41, 5.74) is 0.601. The van der Waals surface area contributed by atoms with Crippen LogP contribution in [0.5, 0.6) is 0 Å². The van der Waals surface area contributed by atoms with E-state index in [1.807, 2.05) is 0 Å². The highest BCUT2D eigenvalue weighted by Crippen LogP contribution is 2.65. The lowest BCUT2D eigenvalue weighted by molar-refractivity contribution is -0.137. The maximum atomic E-state index is 9.96. The first-order valence-corrected chi connectivity index (χ1v) is 8.15. The summed E-state index contributed by atoms with van der Waals surface area (Å²) in [6.45, 7) is 9.01. The van der Waals surface area contributed by atoms with Crippen LogP contribution < -0.4 is 0 Å². The van der Waals surface area contributed by atoms with Crippen LogP contribution in [-0.4, -0.2) is 22.3 Å². The fraction of sp³-hybridized carbons (Fsp3) is 0.941. The molecule has 2 fully saturated rings. The highest BCUT2D eigenvalue weighted by atomic mass is 16.4. The molecule has 0 aromatic heterocycles. The number of carbonyl (C=O) groups is 1. The molecule has 0 saturated heterocycles. The van der Waals surface area contributed by atoms with Crippen molar-refractivity contribution in [2.24, 2.45) is 16.7 Å². The predicted molar refractivity (Wildman–Crippen MR) is 81.6 cm³/mol. The number of hydrogen-bond donors (Lipinski definition) is 2. The van der Waals surface area contributed by atoms with Gasteiger partial charge in [0.1, 0.15) is 0 Å². The Hall–Kier alpha value is -0.570. The molecule has 2 saturated carbocycles. The molecule has 0 heterocycles. The molecular weight excluding hydrogens is 252 g/mol. The van der Waals surface area contributed by atoms with E-state index in [2.05, 4.69) is 27.7 Å². The second kappa shape index (κ2) is 6.93. The second-order valence-electron chi connectivity index (χ2n) is 7.33. The normalized spacial score (nSPS) is 33.6. The lowest BCUT2D eigenvalue weighted by Gasteiger charge is -2.36. The van der Waals surface area contributed by atoms with E-state index in [4.69, 9.17) is 5.11 Å². The summed E-state index contributed by atoms with van der Waals surface area (Å²) < 4.78 is 0. The summed E-state index contributed by atoms with van der Waals surface area (Å²) in [6.07, 6.45) is 8.13. The van der Waals surface area contributed by atoms with Gasteiger partial charge in [0, 0.05) is 6.42 Å². The molecule has 0 aromatic rings. The molecule has 2 rings (SSSR count). The van der Waals surface area contributed by atoms with Crippen molar-refractivity contribution in [2.75, 3.05) is 0 Å². The predicted octanol–water partition coefficient (Wildman–Crippen LogP) is 4.23. The molecule has 3 unspecified atom stereocenters. The SMILES string of the molecule is CC1(C)C2CCC1(C)C(O)C2.CCCCCCC(=O)O. The van der Waals surface area contributed by atoms with E-state index in [9.17, 15) is 9.90 Å². The van der Waals surface area contributed by atoms with E-state index in [-0.39, 0.29) is 11.5 Å². The third-order valence-electron chi connectivity index (χ3n) is 5.99. The van der Waals surface area contributed by atoms with Gasteiger partial charge in [-0.25, -0.2) is 0 Å². The molecule has 2 N–H and O–H groups in total. The summed E-state index contributed by atoms with van der Waals surface area (Å²) in [5.74, 6) is 0.105. The van der Waals surface area contributed by atoms with Gasteiger partial charge in [-0.2, -0.15) is 0 Å². The molecule has 2 aliphatic carbocycles. The molecule has 118 valence electrons. The zero-order valence-corrected chi connectivity index (χ0v) is 13.6. The van der Waals surface area contributed by atoms with Crippen molar-refractivity contribution in [3.63, 3.8) is 0 Å². The van der Waals surface area contributed by atoms with Gasteiger partial charge >= 0.3 is 5.97 Å². The number of carboxylic acids is 1. The minimum absolute atomic E-state index is 0.0313. The van der Waals surface area contributed by atoms with Gasteiger partial charge in [0.2, 0.25) is 0 Å². The quantitative estimate of drug-likeness (QED) is 0.743. The minimum atomic E-state index is -0.675. The van der Waals surface area contributed by atoms with Crippen LogP contribution >= 0.6 is 0 Å². The van der Waals surface area contributed by atoms with Gasteiger partial charge in [-0.3, -0.25) is 4.79 Å². The summed E-state index contributed by atoms with van der Waals surface area (Å²) in [4.78, 5) is 9.96. The number of carboxylic acid groups (broad SMARTS) is 1. The molecule has 0 aromatic carbocycles. The number of fused-ring (bicyclic) bond motifs is 2. The summed E-state index contributed by atoms with van der Waals surface area (Å²) in [7, 11) is 0. The van der Waals surface area contributed by atoms with Crippen molar-refractivity contribution >= 4 is 5.97 Å². The Morgan fingerprint density at radius 1 is 1.20 bits per heavy atom. The van der Waals surface area contributed by atoms with Crippen LogP contribution in [0.2, 0.25) is 0 Å². The van der Waals surface area contributed by atoms with Crippen LogP contribution in [0.4, 0.5) is 0 Å². The van der Waals surface area contributed by atoms with Crippen LogP contribution in [-0.2, 0) is 4.79 Å². The monoisotopic (exact) mass is 284 g/mol. The number of aliphatic hydroxyl groups is 1. The first-order valence-electron chi connectivity index (χ1n) is 8.15. The molecule has 0 spiro atoms. The number of hydrogen-bond acceptors (Lipinski definition) is 2. The van der Waals surface area contributed by atoms with Crippen molar-refractivity contribution in [2.45, 2.75) is 85.2 Å². The smallest absolute Gasteiger partial charge is 0.303 e. The second-order valence-corrected chi connectivity index (χ2v) is 7.33. The molecule has 20 heavy (non-hydrogen) atoms. The van der Waals surface area contributed by atoms with E-state index in [0.717, 1.165) is 31.6 Å². The standard InChI is InChI=1S/C10H18O.C7H14O2/c1-9(2)7-4-5-10(9,3)8(11)6-7;1-2-3-4-5-6-7(8)9/h7-8,11H,4-6H2,1-3H3;2-6H2,1H3,(H,8,9). The van der Waals surface area contributed by atoms with E-state index in [1.54, 1.807) is 0 Å². The molecule has 3 atom stereocenters. The zero-order valence-electron chi connectivity index (χ0n) is 13.6. The number of aliphatic carboxylic acids is 1. The van der Waals surface area contributed by atoms with Gasteiger partial charge in [-0.05, 0) is 42.4 Å². The Labute approximate surface area is 123 Å². The molecule has 3 heteroatoms. The zero-order chi connectivity index (χ0) is 15.4. The number of rotatable bonds is 5. The average Bonchev–Trinajstić information content (AvgIpc) is 2.68. The van der Waals surface area contributed by atoms with E-state index in [0.29, 0.717) is 11.8 Å². The Balaban J connectivity index is 0.000000206. The van der Waals surface area contributed by atoms with Crippen LogP contribution in [0.15, 0.2) is 0 Å². The van der Waals surface area contributed by atoms with Gasteiger partial charge in [-0.1, -0.05) is 47.0 Å². The summed E-state index contributed by atoms with van der Waals surface area (Å²) >= 11 is 0. The van der Waals surface area contributed by atoms with Crippen molar-refractivity contribution in [3.05, 3.63) is 0 Å². The Morgan fingerprint density at radius 2 is 1.85 bits per heavy atom. The first kappa shape index (κ1) is 17.5. The fourth-order valence-corrected chi connectivity index (χ4v) is 3.86. The van der Waals surface area contributed by atoms with Gasteiger partial charge in [0.15, 0.2) is 0 Å². The van der Waals surface area contributed by atoms with Gasteiger partial charge in [0.05, 0.1) is 6.10 Å². The highest BCUT2D eigenvalue weighted by Gasteiger charge is 2.60. The van der Waals surface area contributed by atoms with Crippen molar-refractivity contribution < 1.29 is 15.0 Å². The molecule has 0 aliphatic heterocycles. The average molecular weight is 284 g/mol. The van der Waals surface area contributed by atoms with Gasteiger partial charge < -0.3 is 10.2 Å². The van der Waals surface area contributed by atoms with Crippen molar-refractivity contribution in [1.82, 2.24) is 0 Å². The molecule has 2 bridgehead atoms. The lowest BCUT2D eigenvalue weighted by Crippen LogP contribution is -2.35. The molecule has 0 amide bonds. The maximum absolute atomic E-state index is 9.96. The highest BCUT2D eigenvalue weighted by molar-refractivity contribution is 5.66. The van der Waals surface area contributed by atoms with Crippen LogP contribution in [0.1, 0.15) is 79.1 Å². The molecule has 3 nitrogen and oxygen atoms in total. The third-order valence-corrected chi connectivity index (χ3v) is 5.99. The van der Waals surface area contributed by atoms with Crippen molar-refractivity contribution in [1.29, 1.82) is 0 Å². The number of unbranched alkanes of at least 4 members (excludes halogenated alkanes) is 3. The number of aliphatic hydroxyl groups excluding tert-OH is 1. The molecular formula is C17H32O3. The van der Waals surface area contributed by atoms with Crippen molar-refractivity contribution in [3.8, 4) is 0 Å². The molecule has 2 aliphatic rings. The fourth-order valence-electron chi connectivity index (χ4n) is 3.86. The largest absolute Gasteiger partial charge is 0.481 e. The van der Waals surface area contributed by atoms with Crippen LogP contribution in [0.3, 0.4) is 0 Å². The Morgan fingerprint density at radius 3 is 2.15 bits per heavy atom. The van der Waals surface area contributed by atoms with E-state index >= 15 is 0 Å². The Bertz CT molecular complexity index is 324. The summed E-state index contributed by atoms with van der Waals surface area (Å²) in [6, 6.07) is 0. The first-order chi connectivity index (χ1) is 9.25. The van der Waals surface area contributed by atoms with Crippen LogP contribution in [0, 0.1) is 16.7 Å². The maximum Gasteiger partial charge on any atom is 0.303 e. The van der Waals surface area contributed by atoms with Gasteiger partial charge in [-0.15, -0.1) is 0 Å². The van der Waals surface area contributed by atoms with E-state index < -0.39 is 5.97 Å². The van der Waals surface area contributed by atoms with Gasteiger partial charge in [0.25, 0.3) is 0 Å². The van der Waals surface area contributed by atoms with E-state index in [1.165, 1.54) is 19.3 Å². The van der Waals surface area contributed by atoms with Crippen LogP contribution in [0.25, 0.3) is 0 Å². The molecule has 0 radical (unpaired) electrons. The third kappa shape index (κ3) is 3.55. The summed E-state index contributed by atoms with van der Waals surface area (Å²) in [5, 5.41) is 18.0. The minimum Gasteiger partial charge on any atom is -0.481 e.